The first-order chi connectivity index (χ1) is 8.41. The molecule has 1 atom stereocenters. The molecule has 1 unspecified atom stereocenters. The number of hydrogen-bond donors (Lipinski definition) is 0. The fraction of sp³-hybridized carbons (Fsp3) is 0.500. The van der Waals surface area contributed by atoms with Crippen LogP contribution in [0, 0.1) is 5.82 Å². The fourth-order valence-electron chi connectivity index (χ4n) is 1.61. The third-order valence-corrected chi connectivity index (χ3v) is 3.07. The molecule has 0 fully saturated rings. The van der Waals surface area contributed by atoms with E-state index in [-0.39, 0.29) is 17.6 Å². The first-order valence-electron chi connectivity index (χ1n) is 6.06. The van der Waals surface area contributed by atoms with E-state index < -0.39 is 0 Å². The van der Waals surface area contributed by atoms with E-state index >= 15 is 0 Å². The summed E-state index contributed by atoms with van der Waals surface area (Å²) in [6.07, 6.45) is 0. The summed E-state index contributed by atoms with van der Waals surface area (Å²) >= 11 is 0. The van der Waals surface area contributed by atoms with Crippen molar-refractivity contribution in [3.05, 3.63) is 35.6 Å². The SMILES string of the molecule is CC(C(=O)c1ccc(F)cc1)N(C)CCN(C)C. The second kappa shape index (κ2) is 6.61. The molecule has 0 radical (unpaired) electrons. The molecule has 0 N–H and O–H groups in total. The van der Waals surface area contributed by atoms with Gasteiger partial charge in [-0.2, -0.15) is 0 Å². The summed E-state index contributed by atoms with van der Waals surface area (Å²) < 4.78 is 12.8. The Bertz CT molecular complexity index is 389. The number of Topliss-reactive ketones (excluding diaryl/α,β-unsaturated/α-hetero) is 1. The summed E-state index contributed by atoms with van der Waals surface area (Å²) in [6.45, 7) is 3.60. The predicted molar refractivity (Wildman–Crippen MR) is 71.4 cm³/mol. The molecule has 0 aliphatic carbocycles. The summed E-state index contributed by atoms with van der Waals surface area (Å²) in [4.78, 5) is 16.2. The van der Waals surface area contributed by atoms with Crippen LogP contribution in [0.3, 0.4) is 0 Å². The van der Waals surface area contributed by atoms with Gasteiger partial charge in [0.25, 0.3) is 0 Å². The molecule has 3 nitrogen and oxygen atoms in total. The van der Waals surface area contributed by atoms with Crippen molar-refractivity contribution in [3.8, 4) is 0 Å². The van der Waals surface area contributed by atoms with Crippen LogP contribution < -0.4 is 0 Å². The van der Waals surface area contributed by atoms with Crippen LogP contribution in [-0.4, -0.2) is 55.9 Å². The molecule has 18 heavy (non-hydrogen) atoms. The molecule has 1 aromatic rings. The zero-order valence-corrected chi connectivity index (χ0v) is 11.5. The molecule has 100 valence electrons. The second-order valence-electron chi connectivity index (χ2n) is 4.83. The van der Waals surface area contributed by atoms with Gasteiger partial charge in [0.1, 0.15) is 5.82 Å². The van der Waals surface area contributed by atoms with Gasteiger partial charge in [0.05, 0.1) is 6.04 Å². The van der Waals surface area contributed by atoms with Crippen molar-refractivity contribution >= 4 is 5.78 Å². The Balaban J connectivity index is 2.62. The van der Waals surface area contributed by atoms with Crippen molar-refractivity contribution in [1.29, 1.82) is 0 Å². The maximum atomic E-state index is 12.8. The van der Waals surface area contributed by atoms with E-state index in [1.54, 1.807) is 0 Å². The van der Waals surface area contributed by atoms with Crippen LogP contribution in [0.4, 0.5) is 4.39 Å². The molecule has 1 aromatic carbocycles. The van der Waals surface area contributed by atoms with E-state index in [0.29, 0.717) is 5.56 Å². The highest BCUT2D eigenvalue weighted by atomic mass is 19.1. The van der Waals surface area contributed by atoms with Crippen molar-refractivity contribution in [2.75, 3.05) is 34.2 Å². The number of halogens is 1. The molecule has 0 saturated heterocycles. The van der Waals surface area contributed by atoms with Crippen LogP contribution in [0.2, 0.25) is 0 Å². The molecule has 0 aliphatic heterocycles. The highest BCUT2D eigenvalue weighted by Gasteiger charge is 2.19. The number of nitrogens with zero attached hydrogens (tertiary/aromatic N) is 2. The van der Waals surface area contributed by atoms with E-state index in [1.165, 1.54) is 24.3 Å². The van der Waals surface area contributed by atoms with Crippen LogP contribution in [0.25, 0.3) is 0 Å². The topological polar surface area (TPSA) is 23.6 Å². The minimum absolute atomic E-state index is 0.0243. The van der Waals surface area contributed by atoms with Crippen molar-refractivity contribution < 1.29 is 9.18 Å². The van der Waals surface area contributed by atoms with Gasteiger partial charge >= 0.3 is 0 Å². The van der Waals surface area contributed by atoms with E-state index in [9.17, 15) is 9.18 Å². The Morgan fingerprint density at radius 1 is 1.17 bits per heavy atom. The van der Waals surface area contributed by atoms with Crippen LogP contribution in [-0.2, 0) is 0 Å². The van der Waals surface area contributed by atoms with Gasteiger partial charge in [0, 0.05) is 18.7 Å². The molecule has 1 rings (SSSR count). The van der Waals surface area contributed by atoms with E-state index in [1.807, 2.05) is 33.0 Å². The standard InChI is InChI=1S/C14H21FN2O/c1-11(17(4)10-9-16(2)3)14(18)12-5-7-13(15)8-6-12/h5-8,11H,9-10H2,1-4H3. The highest BCUT2D eigenvalue weighted by molar-refractivity contribution is 5.99. The molecule has 0 spiro atoms. The van der Waals surface area contributed by atoms with Crippen molar-refractivity contribution in [2.45, 2.75) is 13.0 Å². The van der Waals surface area contributed by atoms with E-state index in [4.69, 9.17) is 0 Å². The van der Waals surface area contributed by atoms with Crippen molar-refractivity contribution in [3.63, 3.8) is 0 Å². The van der Waals surface area contributed by atoms with Gasteiger partial charge < -0.3 is 4.90 Å². The second-order valence-corrected chi connectivity index (χ2v) is 4.83. The maximum absolute atomic E-state index is 12.8. The lowest BCUT2D eigenvalue weighted by atomic mass is 10.0. The van der Waals surface area contributed by atoms with Gasteiger partial charge in [-0.25, -0.2) is 4.39 Å². The molecular formula is C14H21FN2O. The van der Waals surface area contributed by atoms with E-state index in [0.717, 1.165) is 13.1 Å². The van der Waals surface area contributed by atoms with Crippen LogP contribution >= 0.6 is 0 Å². The first kappa shape index (κ1) is 14.8. The normalized spacial score (nSPS) is 13.1. The Kier molecular flexibility index (Phi) is 5.44. The van der Waals surface area contributed by atoms with Crippen LogP contribution in [0.5, 0.6) is 0 Å². The molecule has 0 heterocycles. The molecular weight excluding hydrogens is 231 g/mol. The molecule has 0 saturated carbocycles. The van der Waals surface area contributed by atoms with Gasteiger partial charge in [0.15, 0.2) is 5.78 Å². The van der Waals surface area contributed by atoms with Gasteiger partial charge in [-0.3, -0.25) is 9.69 Å². The maximum Gasteiger partial charge on any atom is 0.179 e. The minimum atomic E-state index is -0.319. The summed E-state index contributed by atoms with van der Waals surface area (Å²) in [5.41, 5.74) is 0.556. The third kappa shape index (κ3) is 4.20. The monoisotopic (exact) mass is 252 g/mol. The Hall–Kier alpha value is -1.26. The number of benzene rings is 1. The van der Waals surface area contributed by atoms with Gasteiger partial charge in [-0.05, 0) is 52.3 Å². The van der Waals surface area contributed by atoms with E-state index in [2.05, 4.69) is 4.90 Å². The lowest BCUT2D eigenvalue weighted by Gasteiger charge is -2.25. The Labute approximate surface area is 108 Å². The van der Waals surface area contributed by atoms with Gasteiger partial charge in [0.2, 0.25) is 0 Å². The molecule has 0 bridgehead atoms. The summed E-state index contributed by atoms with van der Waals surface area (Å²) in [5, 5.41) is 0. The zero-order valence-electron chi connectivity index (χ0n) is 11.5. The summed E-state index contributed by atoms with van der Waals surface area (Å²) in [5.74, 6) is -0.295. The fourth-order valence-corrected chi connectivity index (χ4v) is 1.61. The van der Waals surface area contributed by atoms with Crippen LogP contribution in [0.15, 0.2) is 24.3 Å². The van der Waals surface area contributed by atoms with Gasteiger partial charge in [-0.15, -0.1) is 0 Å². The first-order valence-corrected chi connectivity index (χ1v) is 6.06. The summed E-state index contributed by atoms with van der Waals surface area (Å²) in [6, 6.07) is 5.51. The molecule has 0 amide bonds. The minimum Gasteiger partial charge on any atom is -0.308 e. The predicted octanol–water partition coefficient (Wildman–Crippen LogP) is 1.89. The highest BCUT2D eigenvalue weighted by Crippen LogP contribution is 2.09. The number of carbonyl (C=O) groups excluding carboxylic acids is 1. The van der Waals surface area contributed by atoms with Gasteiger partial charge in [-0.1, -0.05) is 0 Å². The van der Waals surface area contributed by atoms with Crippen molar-refractivity contribution in [2.24, 2.45) is 0 Å². The zero-order chi connectivity index (χ0) is 13.7. The average molecular weight is 252 g/mol. The number of likely N-dealkylation sites (N-methyl/N-ethyl adjacent to an activating group) is 2. The third-order valence-electron chi connectivity index (χ3n) is 3.07. The largest absolute Gasteiger partial charge is 0.308 e. The summed E-state index contributed by atoms with van der Waals surface area (Å²) in [7, 11) is 5.93. The lowest BCUT2D eigenvalue weighted by molar-refractivity contribution is 0.0862. The lowest BCUT2D eigenvalue weighted by Crippen LogP contribution is -2.39. The number of carbonyl (C=O) groups is 1. The van der Waals surface area contributed by atoms with Crippen LogP contribution in [0.1, 0.15) is 17.3 Å². The smallest absolute Gasteiger partial charge is 0.179 e. The Morgan fingerprint density at radius 2 is 1.72 bits per heavy atom. The van der Waals surface area contributed by atoms with Crippen molar-refractivity contribution in [1.82, 2.24) is 9.80 Å². The number of hydrogen-bond acceptors (Lipinski definition) is 3. The quantitative estimate of drug-likeness (QED) is 0.722. The Morgan fingerprint density at radius 3 is 2.22 bits per heavy atom. The molecule has 0 aliphatic rings. The number of ketones is 1. The molecule has 0 aromatic heterocycles. The average Bonchev–Trinajstić information content (AvgIpc) is 2.35. The molecule has 4 heteroatoms. The number of rotatable bonds is 6.